The van der Waals surface area contributed by atoms with Crippen LogP contribution in [-0.4, -0.2) is 6.29 Å². The fourth-order valence-electron chi connectivity index (χ4n) is 2.24. The normalized spacial score (nSPS) is 19.6. The molecule has 0 saturated heterocycles. The highest BCUT2D eigenvalue weighted by Crippen LogP contribution is 2.18. The zero-order valence-corrected chi connectivity index (χ0v) is 10.1. The molecule has 0 N–H and O–H groups in total. The van der Waals surface area contributed by atoms with E-state index in [1.165, 1.54) is 31.2 Å². The van der Waals surface area contributed by atoms with E-state index in [2.05, 4.69) is 11.8 Å². The Kier molecular flexibility index (Phi) is 4.38. The molecule has 2 rings (SSSR count). The topological polar surface area (TPSA) is 17.1 Å². The van der Waals surface area contributed by atoms with Gasteiger partial charge in [0.05, 0.1) is 0 Å². The zero-order chi connectivity index (χ0) is 11.9. The van der Waals surface area contributed by atoms with Gasteiger partial charge in [0.2, 0.25) is 0 Å². The van der Waals surface area contributed by atoms with Gasteiger partial charge >= 0.3 is 0 Å². The molecule has 1 atom stereocenters. The Morgan fingerprint density at radius 1 is 1.18 bits per heavy atom. The Hall–Kier alpha value is -1.55. The van der Waals surface area contributed by atoms with E-state index in [9.17, 15) is 4.79 Å². The molecule has 1 aliphatic carbocycles. The molecule has 17 heavy (non-hydrogen) atoms. The molecule has 0 aromatic heterocycles. The summed E-state index contributed by atoms with van der Waals surface area (Å²) in [6.07, 6.45) is 8.04. The van der Waals surface area contributed by atoms with Gasteiger partial charge in [0.15, 0.2) is 0 Å². The Balaban J connectivity index is 2.00. The maximum Gasteiger partial charge on any atom is 0.150 e. The lowest BCUT2D eigenvalue weighted by Gasteiger charge is -2.12. The number of hydrogen-bond acceptors (Lipinski definition) is 1. The Labute approximate surface area is 103 Å². The van der Waals surface area contributed by atoms with Crippen LogP contribution in [0.5, 0.6) is 0 Å². The molecular weight excluding hydrogens is 208 g/mol. The second-order valence-electron chi connectivity index (χ2n) is 4.68. The van der Waals surface area contributed by atoms with Crippen LogP contribution in [0, 0.1) is 17.8 Å². The molecule has 1 unspecified atom stereocenters. The van der Waals surface area contributed by atoms with Crippen LogP contribution in [0.25, 0.3) is 0 Å². The monoisotopic (exact) mass is 226 g/mol. The van der Waals surface area contributed by atoms with Crippen LogP contribution in [0.3, 0.4) is 0 Å². The first-order valence-corrected chi connectivity index (χ1v) is 6.41. The Morgan fingerprint density at radius 3 is 2.76 bits per heavy atom. The minimum absolute atomic E-state index is 0.498. The van der Waals surface area contributed by atoms with Crippen molar-refractivity contribution in [2.24, 2.45) is 5.92 Å². The van der Waals surface area contributed by atoms with Gasteiger partial charge in [-0.25, -0.2) is 0 Å². The van der Waals surface area contributed by atoms with E-state index in [0.29, 0.717) is 5.92 Å². The highest BCUT2D eigenvalue weighted by atomic mass is 16.1. The van der Waals surface area contributed by atoms with E-state index >= 15 is 0 Å². The van der Waals surface area contributed by atoms with Crippen molar-refractivity contribution < 1.29 is 4.79 Å². The number of aldehydes is 1. The third-order valence-electron chi connectivity index (χ3n) is 3.26. The molecule has 1 aromatic rings. The standard InChI is InChI=1S/C16H18O/c17-13-16-10-8-15(9-11-16)12-14-6-4-2-1-3-5-7-14/h8-11,13-14H,1-4,6,12H2. The molecule has 1 nitrogen and oxygen atoms in total. The predicted molar refractivity (Wildman–Crippen MR) is 69.9 cm³/mol. The molecule has 1 aromatic carbocycles. The molecule has 0 heterocycles. The first-order valence-electron chi connectivity index (χ1n) is 6.41. The number of carbonyl (C=O) groups excluding carboxylic acids is 1. The van der Waals surface area contributed by atoms with Crippen molar-refractivity contribution in [1.82, 2.24) is 0 Å². The van der Waals surface area contributed by atoms with Crippen LogP contribution < -0.4 is 0 Å². The highest BCUT2D eigenvalue weighted by molar-refractivity contribution is 5.74. The van der Waals surface area contributed by atoms with Crippen molar-refractivity contribution >= 4 is 6.29 Å². The van der Waals surface area contributed by atoms with E-state index in [-0.39, 0.29) is 0 Å². The smallest absolute Gasteiger partial charge is 0.150 e. The van der Waals surface area contributed by atoms with Crippen LogP contribution in [0.2, 0.25) is 0 Å². The van der Waals surface area contributed by atoms with Gasteiger partial charge < -0.3 is 0 Å². The largest absolute Gasteiger partial charge is 0.298 e. The summed E-state index contributed by atoms with van der Waals surface area (Å²) in [7, 11) is 0. The van der Waals surface area contributed by atoms with E-state index in [1.54, 1.807) is 0 Å². The first kappa shape index (κ1) is 11.9. The summed E-state index contributed by atoms with van der Waals surface area (Å²) < 4.78 is 0. The second-order valence-corrected chi connectivity index (χ2v) is 4.68. The summed E-state index contributed by atoms with van der Waals surface area (Å²) in [5.41, 5.74) is 2.04. The van der Waals surface area contributed by atoms with Gasteiger partial charge in [-0.3, -0.25) is 4.79 Å². The fourth-order valence-corrected chi connectivity index (χ4v) is 2.24. The molecule has 0 spiro atoms. The molecule has 1 aliphatic rings. The summed E-state index contributed by atoms with van der Waals surface area (Å²) in [5.74, 6) is 7.15. The average Bonchev–Trinajstić information content (AvgIpc) is 2.33. The van der Waals surface area contributed by atoms with Gasteiger partial charge in [0.1, 0.15) is 6.29 Å². The fraction of sp³-hybridized carbons (Fsp3) is 0.438. The SMILES string of the molecule is O=Cc1ccc(CC2C#CCCCCC2)cc1. The number of benzene rings is 1. The van der Waals surface area contributed by atoms with Crippen molar-refractivity contribution in [2.75, 3.05) is 0 Å². The van der Waals surface area contributed by atoms with E-state index in [1.807, 2.05) is 24.3 Å². The predicted octanol–water partition coefficient (Wildman–Crippen LogP) is 3.63. The van der Waals surface area contributed by atoms with Crippen LogP contribution in [0.1, 0.15) is 48.0 Å². The second kappa shape index (κ2) is 6.25. The van der Waals surface area contributed by atoms with E-state index in [4.69, 9.17) is 0 Å². The third kappa shape index (κ3) is 3.75. The van der Waals surface area contributed by atoms with Crippen molar-refractivity contribution in [3.8, 4) is 11.8 Å². The number of rotatable bonds is 3. The summed E-state index contributed by atoms with van der Waals surface area (Å²) in [4.78, 5) is 10.6. The van der Waals surface area contributed by atoms with Crippen LogP contribution >= 0.6 is 0 Å². The van der Waals surface area contributed by atoms with Crippen LogP contribution in [-0.2, 0) is 6.42 Å². The van der Waals surface area contributed by atoms with Crippen LogP contribution in [0.4, 0.5) is 0 Å². The molecule has 0 aliphatic heterocycles. The van der Waals surface area contributed by atoms with Gasteiger partial charge in [-0.05, 0) is 24.8 Å². The van der Waals surface area contributed by atoms with Crippen molar-refractivity contribution in [3.05, 3.63) is 35.4 Å². The Morgan fingerprint density at radius 2 is 2.00 bits per heavy atom. The summed E-state index contributed by atoms with van der Waals surface area (Å²) in [6, 6.07) is 7.87. The lowest BCUT2D eigenvalue weighted by molar-refractivity contribution is 0.112. The molecular formula is C16H18O. The minimum atomic E-state index is 0.498. The number of carbonyl (C=O) groups is 1. The summed E-state index contributed by atoms with van der Waals surface area (Å²) in [5, 5.41) is 0. The van der Waals surface area contributed by atoms with Crippen molar-refractivity contribution in [2.45, 2.75) is 38.5 Å². The lowest BCUT2D eigenvalue weighted by atomic mass is 9.92. The van der Waals surface area contributed by atoms with Gasteiger partial charge in [0.25, 0.3) is 0 Å². The third-order valence-corrected chi connectivity index (χ3v) is 3.26. The first-order chi connectivity index (χ1) is 8.38. The van der Waals surface area contributed by atoms with E-state index < -0.39 is 0 Å². The van der Waals surface area contributed by atoms with Gasteiger partial charge in [-0.15, -0.1) is 5.92 Å². The maximum absolute atomic E-state index is 10.6. The molecule has 0 radical (unpaired) electrons. The summed E-state index contributed by atoms with van der Waals surface area (Å²) >= 11 is 0. The van der Waals surface area contributed by atoms with Gasteiger partial charge in [-0.1, -0.05) is 43.0 Å². The number of hydrogen-bond donors (Lipinski definition) is 0. The van der Waals surface area contributed by atoms with Gasteiger partial charge in [0, 0.05) is 17.9 Å². The highest BCUT2D eigenvalue weighted by Gasteiger charge is 2.08. The zero-order valence-electron chi connectivity index (χ0n) is 10.1. The van der Waals surface area contributed by atoms with Gasteiger partial charge in [-0.2, -0.15) is 0 Å². The minimum Gasteiger partial charge on any atom is -0.298 e. The maximum atomic E-state index is 10.6. The molecule has 1 heteroatoms. The quantitative estimate of drug-likeness (QED) is 0.568. The van der Waals surface area contributed by atoms with E-state index in [0.717, 1.165) is 24.7 Å². The molecule has 0 bridgehead atoms. The van der Waals surface area contributed by atoms with Crippen LogP contribution in [0.15, 0.2) is 24.3 Å². The summed E-state index contributed by atoms with van der Waals surface area (Å²) in [6.45, 7) is 0. The molecule has 0 fully saturated rings. The lowest BCUT2D eigenvalue weighted by Crippen LogP contribution is -2.03. The Bertz CT molecular complexity index is 419. The average molecular weight is 226 g/mol. The molecule has 0 saturated carbocycles. The van der Waals surface area contributed by atoms with Crippen molar-refractivity contribution in [1.29, 1.82) is 0 Å². The molecule has 0 amide bonds. The van der Waals surface area contributed by atoms with Crippen molar-refractivity contribution in [3.63, 3.8) is 0 Å². The molecule has 88 valence electrons.